The van der Waals surface area contributed by atoms with Crippen LogP contribution in [0.25, 0.3) is 0 Å². The summed E-state index contributed by atoms with van der Waals surface area (Å²) < 4.78 is 39.1. The van der Waals surface area contributed by atoms with Crippen LogP contribution in [0, 0.1) is 0 Å². The smallest absolute Gasteiger partial charge is 0.362 e. The molecular weight excluding hydrogens is 225 g/mol. The molecule has 0 spiro atoms. The molecule has 0 atom stereocenters. The highest BCUT2D eigenvalue weighted by Crippen LogP contribution is 2.13. The number of amides is 1. The van der Waals surface area contributed by atoms with Gasteiger partial charge in [-0.05, 0) is 19.4 Å². The minimum atomic E-state index is -4.39. The molecule has 0 aromatic heterocycles. The molecule has 0 unspecified atom stereocenters. The number of unbranched alkanes of at least 4 members (excludes halogenated alkanes) is 2. The summed E-state index contributed by atoms with van der Waals surface area (Å²) in [5.74, 6) is -0.531. The first-order chi connectivity index (χ1) is 7.45. The molecule has 0 aliphatic carbocycles. The van der Waals surface area contributed by atoms with Crippen LogP contribution in [0.4, 0.5) is 13.2 Å². The zero-order valence-corrected chi connectivity index (χ0v) is 8.98. The lowest BCUT2D eigenvalue weighted by Gasteiger charge is -2.08. The van der Waals surface area contributed by atoms with Gasteiger partial charge in [0.25, 0.3) is 0 Å². The highest BCUT2D eigenvalue weighted by molar-refractivity contribution is 5.77. The third kappa shape index (κ3) is 11.3. The van der Waals surface area contributed by atoms with Crippen LogP contribution in [0.5, 0.6) is 0 Å². The van der Waals surface area contributed by atoms with E-state index in [1.807, 2.05) is 0 Å². The molecule has 0 radical (unpaired) electrons. The molecule has 4 nitrogen and oxygen atoms in total. The number of rotatable bonds is 8. The Bertz CT molecular complexity index is 198. The summed E-state index contributed by atoms with van der Waals surface area (Å²) in [7, 11) is 0. The largest absolute Gasteiger partial charge is 0.411 e. The molecule has 0 aliphatic heterocycles. The van der Waals surface area contributed by atoms with Crippen LogP contribution < -0.4 is 11.1 Å². The lowest BCUT2D eigenvalue weighted by molar-refractivity contribution is -0.175. The van der Waals surface area contributed by atoms with Gasteiger partial charge in [0.2, 0.25) is 5.91 Å². The molecule has 0 aromatic carbocycles. The number of hydrogen-bond acceptors (Lipinski definition) is 3. The normalized spacial score (nSPS) is 11.5. The molecule has 0 aromatic rings. The summed E-state index contributed by atoms with van der Waals surface area (Å²) >= 11 is 0. The van der Waals surface area contributed by atoms with E-state index in [9.17, 15) is 18.0 Å². The van der Waals surface area contributed by atoms with Crippen molar-refractivity contribution in [1.82, 2.24) is 5.32 Å². The Hall–Kier alpha value is -0.820. The maximum absolute atomic E-state index is 11.6. The molecule has 0 aliphatic rings. The monoisotopic (exact) mass is 242 g/mol. The number of nitrogens with two attached hydrogens (primary N) is 1. The molecule has 96 valence electrons. The number of carbonyl (C=O) groups is 1. The highest BCUT2D eigenvalue weighted by atomic mass is 19.4. The standard InChI is InChI=1S/C9H17F3N2O2/c10-9(11,12)7-16-6-8(15)14-5-3-1-2-4-13/h1-7,13H2,(H,14,15). The van der Waals surface area contributed by atoms with Crippen LogP contribution in [0.1, 0.15) is 19.3 Å². The Morgan fingerprint density at radius 2 is 1.94 bits per heavy atom. The van der Waals surface area contributed by atoms with E-state index in [0.717, 1.165) is 19.3 Å². The number of alkyl halides is 3. The zero-order chi connectivity index (χ0) is 12.4. The summed E-state index contributed by atoms with van der Waals surface area (Å²) in [5, 5.41) is 2.46. The second-order valence-electron chi connectivity index (χ2n) is 3.31. The summed E-state index contributed by atoms with van der Waals surface area (Å²) in [6.07, 6.45) is -1.86. The van der Waals surface area contributed by atoms with Gasteiger partial charge >= 0.3 is 6.18 Å². The lowest BCUT2D eigenvalue weighted by atomic mass is 10.2. The Balaban J connectivity index is 3.32. The number of ether oxygens (including phenoxy) is 1. The van der Waals surface area contributed by atoms with Crippen molar-refractivity contribution in [2.75, 3.05) is 26.3 Å². The maximum atomic E-state index is 11.6. The molecule has 3 N–H and O–H groups in total. The van der Waals surface area contributed by atoms with Gasteiger partial charge in [0.15, 0.2) is 0 Å². The van der Waals surface area contributed by atoms with Crippen molar-refractivity contribution in [1.29, 1.82) is 0 Å². The van der Waals surface area contributed by atoms with Gasteiger partial charge < -0.3 is 15.8 Å². The number of nitrogens with one attached hydrogen (secondary N) is 1. The minimum absolute atomic E-state index is 0.439. The van der Waals surface area contributed by atoms with E-state index in [4.69, 9.17) is 5.73 Å². The van der Waals surface area contributed by atoms with Crippen LogP contribution in [0.2, 0.25) is 0 Å². The van der Waals surface area contributed by atoms with Crippen LogP contribution in [-0.2, 0) is 9.53 Å². The highest BCUT2D eigenvalue weighted by Gasteiger charge is 2.27. The van der Waals surface area contributed by atoms with Crippen LogP contribution in [0.15, 0.2) is 0 Å². The summed E-state index contributed by atoms with van der Waals surface area (Å²) in [6.45, 7) is -0.916. The van der Waals surface area contributed by atoms with E-state index >= 15 is 0 Å². The molecule has 0 saturated carbocycles. The minimum Gasteiger partial charge on any atom is -0.362 e. The average Bonchev–Trinajstić information content (AvgIpc) is 2.15. The summed E-state index contributed by atoms with van der Waals surface area (Å²) in [6, 6.07) is 0. The van der Waals surface area contributed by atoms with Crippen molar-refractivity contribution in [3.05, 3.63) is 0 Å². The summed E-state index contributed by atoms with van der Waals surface area (Å²) in [5.41, 5.74) is 5.26. The second-order valence-corrected chi connectivity index (χ2v) is 3.31. The van der Waals surface area contributed by atoms with Gasteiger partial charge in [-0.3, -0.25) is 4.79 Å². The molecule has 0 heterocycles. The maximum Gasteiger partial charge on any atom is 0.411 e. The third-order valence-electron chi connectivity index (χ3n) is 1.70. The first-order valence-electron chi connectivity index (χ1n) is 5.07. The number of hydrogen-bond donors (Lipinski definition) is 2. The van der Waals surface area contributed by atoms with Gasteiger partial charge in [0.1, 0.15) is 13.2 Å². The van der Waals surface area contributed by atoms with E-state index in [-0.39, 0.29) is 0 Å². The van der Waals surface area contributed by atoms with E-state index in [1.165, 1.54) is 0 Å². The van der Waals surface area contributed by atoms with Crippen LogP contribution >= 0.6 is 0 Å². The number of halogens is 3. The Kier molecular flexibility index (Phi) is 7.92. The van der Waals surface area contributed by atoms with Crippen molar-refractivity contribution in [2.45, 2.75) is 25.4 Å². The fourth-order valence-corrected chi connectivity index (χ4v) is 0.984. The van der Waals surface area contributed by atoms with Crippen molar-refractivity contribution < 1.29 is 22.7 Å². The molecule has 7 heteroatoms. The molecule has 1 amide bonds. The van der Waals surface area contributed by atoms with Gasteiger partial charge in [-0.25, -0.2) is 0 Å². The molecule has 0 rings (SSSR count). The van der Waals surface area contributed by atoms with E-state index in [2.05, 4.69) is 10.1 Å². The first-order valence-corrected chi connectivity index (χ1v) is 5.07. The Labute approximate surface area is 92.3 Å². The van der Waals surface area contributed by atoms with E-state index < -0.39 is 25.3 Å². The third-order valence-corrected chi connectivity index (χ3v) is 1.70. The van der Waals surface area contributed by atoms with Gasteiger partial charge in [-0.1, -0.05) is 6.42 Å². The van der Waals surface area contributed by atoms with Crippen molar-refractivity contribution in [3.63, 3.8) is 0 Å². The first kappa shape index (κ1) is 15.2. The Morgan fingerprint density at radius 3 is 2.50 bits per heavy atom. The predicted octanol–water partition coefficient (Wildman–Crippen LogP) is 0.810. The molecule has 0 bridgehead atoms. The summed E-state index contributed by atoms with van der Waals surface area (Å²) in [4.78, 5) is 10.9. The van der Waals surface area contributed by atoms with Crippen molar-refractivity contribution in [3.8, 4) is 0 Å². The molecule has 0 saturated heterocycles. The second kappa shape index (κ2) is 8.35. The van der Waals surface area contributed by atoms with Crippen molar-refractivity contribution in [2.24, 2.45) is 5.73 Å². The number of carbonyl (C=O) groups excluding carboxylic acids is 1. The van der Waals surface area contributed by atoms with Gasteiger partial charge in [0, 0.05) is 6.54 Å². The topological polar surface area (TPSA) is 64.3 Å². The van der Waals surface area contributed by atoms with Gasteiger partial charge in [-0.15, -0.1) is 0 Å². The van der Waals surface area contributed by atoms with Crippen molar-refractivity contribution >= 4 is 5.91 Å². The quantitative estimate of drug-likeness (QED) is 0.619. The average molecular weight is 242 g/mol. The molecule has 0 fully saturated rings. The van der Waals surface area contributed by atoms with Gasteiger partial charge in [-0.2, -0.15) is 13.2 Å². The fraction of sp³-hybridized carbons (Fsp3) is 0.889. The van der Waals surface area contributed by atoms with E-state index in [1.54, 1.807) is 0 Å². The van der Waals surface area contributed by atoms with E-state index in [0.29, 0.717) is 13.1 Å². The van der Waals surface area contributed by atoms with Gasteiger partial charge in [0.05, 0.1) is 0 Å². The SMILES string of the molecule is NCCCCCNC(=O)COCC(F)(F)F. The Morgan fingerprint density at radius 1 is 1.25 bits per heavy atom. The lowest BCUT2D eigenvalue weighted by Crippen LogP contribution is -2.30. The fourth-order valence-electron chi connectivity index (χ4n) is 0.984. The zero-order valence-electron chi connectivity index (χ0n) is 8.98. The van der Waals surface area contributed by atoms with Crippen LogP contribution in [0.3, 0.4) is 0 Å². The van der Waals surface area contributed by atoms with Crippen LogP contribution in [-0.4, -0.2) is 38.4 Å². The molecule has 16 heavy (non-hydrogen) atoms. The molecular formula is C9H17F3N2O2. The predicted molar refractivity (Wildman–Crippen MR) is 52.8 cm³/mol.